The second-order valence-electron chi connectivity index (χ2n) is 6.09. The monoisotopic (exact) mass is 386 g/mol. The lowest BCUT2D eigenvalue weighted by Crippen LogP contribution is -2.18. The summed E-state index contributed by atoms with van der Waals surface area (Å²) in [5, 5.41) is 10.5. The summed E-state index contributed by atoms with van der Waals surface area (Å²) in [4.78, 5) is 23.6. The van der Waals surface area contributed by atoms with E-state index in [4.69, 9.17) is 23.1 Å². The average molecular weight is 387 g/mol. The van der Waals surface area contributed by atoms with Crippen molar-refractivity contribution in [2.45, 2.75) is 12.5 Å². The van der Waals surface area contributed by atoms with Crippen LogP contribution in [0, 0.1) is 11.8 Å². The Labute approximate surface area is 161 Å². The molecule has 1 saturated heterocycles. The van der Waals surface area contributed by atoms with Gasteiger partial charge in [0.15, 0.2) is 5.69 Å². The fourth-order valence-electron chi connectivity index (χ4n) is 2.94. The van der Waals surface area contributed by atoms with Crippen LogP contribution in [0.1, 0.15) is 44.4 Å². The van der Waals surface area contributed by atoms with Gasteiger partial charge in [0.05, 0.1) is 11.1 Å². The van der Waals surface area contributed by atoms with Crippen molar-refractivity contribution in [3.05, 3.63) is 45.6 Å². The molecule has 3 rings (SSSR count). The number of nitrogen functional groups attached to an aromatic ring is 1. The second kappa shape index (κ2) is 7.70. The van der Waals surface area contributed by atoms with Gasteiger partial charge in [-0.25, -0.2) is 4.68 Å². The highest BCUT2D eigenvalue weighted by Crippen LogP contribution is 2.24. The fourth-order valence-corrected chi connectivity index (χ4v) is 3.10. The van der Waals surface area contributed by atoms with E-state index in [1.807, 2.05) is 0 Å². The molecule has 1 fully saturated rings. The predicted octanol–water partition coefficient (Wildman–Crippen LogP) is 0.511. The standard InChI is InChI=1S/C18H19ClN6O2/c1-22-18(27)11-2-4-13(19)10(8-11)3-5-14-15(17(21)26)16(20)25(24-14)12-6-7-23-9-12/h2,4,8,12,23H,6-7,9,20H2,1H3,(H2,21,26)(H,22,27). The average Bonchev–Trinajstić information content (AvgIpc) is 3.28. The first kappa shape index (κ1) is 18.8. The van der Waals surface area contributed by atoms with Gasteiger partial charge < -0.3 is 22.1 Å². The number of hydrogen-bond donors (Lipinski definition) is 4. The lowest BCUT2D eigenvalue weighted by molar-refractivity contribution is 0.0961. The zero-order chi connectivity index (χ0) is 19.6. The minimum atomic E-state index is -0.695. The van der Waals surface area contributed by atoms with Gasteiger partial charge in [0.2, 0.25) is 0 Å². The van der Waals surface area contributed by atoms with Gasteiger partial charge in [-0.2, -0.15) is 5.10 Å². The maximum atomic E-state index is 11.9. The van der Waals surface area contributed by atoms with Crippen LogP contribution in [0.4, 0.5) is 5.82 Å². The van der Waals surface area contributed by atoms with Gasteiger partial charge in [-0.05, 0) is 37.1 Å². The summed E-state index contributed by atoms with van der Waals surface area (Å²) >= 11 is 6.17. The van der Waals surface area contributed by atoms with Crippen LogP contribution in [0.5, 0.6) is 0 Å². The van der Waals surface area contributed by atoms with Crippen LogP contribution < -0.4 is 22.1 Å². The third-order valence-corrected chi connectivity index (χ3v) is 4.67. The summed E-state index contributed by atoms with van der Waals surface area (Å²) in [6.45, 7) is 1.55. The van der Waals surface area contributed by atoms with Crippen LogP contribution in [0.15, 0.2) is 18.2 Å². The molecule has 1 aromatic heterocycles. The number of halogens is 1. The molecule has 0 saturated carbocycles. The molecule has 1 unspecified atom stereocenters. The molecule has 8 nitrogen and oxygen atoms in total. The number of rotatable bonds is 3. The molecule has 27 heavy (non-hydrogen) atoms. The molecule has 0 bridgehead atoms. The Morgan fingerprint density at radius 1 is 1.41 bits per heavy atom. The molecule has 1 atom stereocenters. The Morgan fingerprint density at radius 3 is 2.81 bits per heavy atom. The van der Waals surface area contributed by atoms with Gasteiger partial charge in [-0.3, -0.25) is 9.59 Å². The third kappa shape index (κ3) is 3.74. The van der Waals surface area contributed by atoms with Gasteiger partial charge in [0.1, 0.15) is 11.4 Å². The van der Waals surface area contributed by atoms with Crippen molar-refractivity contribution in [3.8, 4) is 11.8 Å². The highest BCUT2D eigenvalue weighted by Gasteiger charge is 2.25. The van der Waals surface area contributed by atoms with Crippen molar-refractivity contribution in [1.29, 1.82) is 0 Å². The van der Waals surface area contributed by atoms with Crippen LogP contribution in [0.25, 0.3) is 0 Å². The number of hydrogen-bond acceptors (Lipinski definition) is 5. The molecular formula is C18H19ClN6O2. The van der Waals surface area contributed by atoms with E-state index >= 15 is 0 Å². The Bertz CT molecular complexity index is 966. The number of nitrogens with zero attached hydrogens (tertiary/aromatic N) is 2. The Morgan fingerprint density at radius 2 is 2.19 bits per heavy atom. The van der Waals surface area contributed by atoms with Crippen LogP contribution >= 0.6 is 11.6 Å². The normalized spacial score (nSPS) is 15.9. The lowest BCUT2D eigenvalue weighted by atomic mass is 10.1. The smallest absolute Gasteiger partial charge is 0.255 e. The van der Waals surface area contributed by atoms with Crippen LogP contribution in [-0.4, -0.2) is 41.7 Å². The highest BCUT2D eigenvalue weighted by atomic mass is 35.5. The molecule has 9 heteroatoms. The third-order valence-electron chi connectivity index (χ3n) is 4.35. The fraction of sp³-hybridized carbons (Fsp3) is 0.278. The van der Waals surface area contributed by atoms with Gasteiger partial charge >= 0.3 is 0 Å². The minimum absolute atomic E-state index is 0.0406. The number of carbonyl (C=O) groups excluding carboxylic acids is 2. The van der Waals surface area contributed by atoms with Gasteiger partial charge in [0, 0.05) is 24.7 Å². The highest BCUT2D eigenvalue weighted by molar-refractivity contribution is 6.31. The van der Waals surface area contributed by atoms with E-state index in [9.17, 15) is 9.59 Å². The Kier molecular flexibility index (Phi) is 5.35. The topological polar surface area (TPSA) is 128 Å². The maximum Gasteiger partial charge on any atom is 0.255 e. The molecule has 1 aromatic carbocycles. The summed E-state index contributed by atoms with van der Waals surface area (Å²) in [7, 11) is 1.54. The number of anilines is 1. The first-order valence-electron chi connectivity index (χ1n) is 8.34. The van der Waals surface area contributed by atoms with Crippen LogP contribution in [0.2, 0.25) is 5.02 Å². The van der Waals surface area contributed by atoms with Crippen molar-refractivity contribution < 1.29 is 9.59 Å². The van der Waals surface area contributed by atoms with Crippen LogP contribution in [-0.2, 0) is 0 Å². The van der Waals surface area contributed by atoms with E-state index in [2.05, 4.69) is 27.6 Å². The molecule has 2 amide bonds. The molecule has 140 valence electrons. The minimum Gasteiger partial charge on any atom is -0.383 e. The van der Waals surface area contributed by atoms with E-state index in [1.54, 1.807) is 22.9 Å². The molecular weight excluding hydrogens is 368 g/mol. The second-order valence-corrected chi connectivity index (χ2v) is 6.50. The predicted molar refractivity (Wildman–Crippen MR) is 103 cm³/mol. The Balaban J connectivity index is 2.03. The summed E-state index contributed by atoms with van der Waals surface area (Å²) in [6.07, 6.45) is 0.844. The number of amides is 2. The molecule has 0 spiro atoms. The summed E-state index contributed by atoms with van der Waals surface area (Å²) in [5.41, 5.74) is 12.7. The molecule has 1 aliphatic rings. The van der Waals surface area contributed by atoms with Gasteiger partial charge in [-0.15, -0.1) is 0 Å². The molecule has 0 aliphatic carbocycles. The van der Waals surface area contributed by atoms with E-state index in [0.717, 1.165) is 13.0 Å². The molecule has 2 aromatic rings. The first-order valence-corrected chi connectivity index (χ1v) is 8.72. The quantitative estimate of drug-likeness (QED) is 0.571. The zero-order valence-corrected chi connectivity index (χ0v) is 15.4. The zero-order valence-electron chi connectivity index (χ0n) is 14.7. The first-order chi connectivity index (χ1) is 12.9. The van der Waals surface area contributed by atoms with Crippen molar-refractivity contribution in [1.82, 2.24) is 20.4 Å². The lowest BCUT2D eigenvalue weighted by Gasteiger charge is -2.10. The van der Waals surface area contributed by atoms with E-state index in [1.165, 1.54) is 7.05 Å². The van der Waals surface area contributed by atoms with E-state index in [0.29, 0.717) is 22.7 Å². The van der Waals surface area contributed by atoms with Crippen molar-refractivity contribution in [2.75, 3.05) is 25.9 Å². The SMILES string of the molecule is CNC(=O)c1ccc(Cl)c(C#Cc2nn(C3CCNC3)c(N)c2C(N)=O)c1. The van der Waals surface area contributed by atoms with Crippen LogP contribution in [0.3, 0.4) is 0 Å². The summed E-state index contributed by atoms with van der Waals surface area (Å²) < 4.78 is 1.59. The summed E-state index contributed by atoms with van der Waals surface area (Å²) in [5.74, 6) is 4.93. The van der Waals surface area contributed by atoms with Crippen molar-refractivity contribution in [3.63, 3.8) is 0 Å². The molecule has 0 radical (unpaired) electrons. The molecule has 1 aliphatic heterocycles. The molecule has 2 heterocycles. The number of aromatic nitrogens is 2. The van der Waals surface area contributed by atoms with Gasteiger partial charge in [0.25, 0.3) is 11.8 Å². The van der Waals surface area contributed by atoms with Crippen molar-refractivity contribution in [2.24, 2.45) is 5.73 Å². The van der Waals surface area contributed by atoms with E-state index < -0.39 is 5.91 Å². The number of primary amides is 1. The van der Waals surface area contributed by atoms with E-state index in [-0.39, 0.29) is 29.0 Å². The maximum absolute atomic E-state index is 11.9. The number of nitrogens with one attached hydrogen (secondary N) is 2. The number of carbonyl (C=O) groups is 2. The van der Waals surface area contributed by atoms with Gasteiger partial charge in [-0.1, -0.05) is 17.5 Å². The number of benzene rings is 1. The molecule has 6 N–H and O–H groups in total. The largest absolute Gasteiger partial charge is 0.383 e. The van der Waals surface area contributed by atoms with Crippen molar-refractivity contribution >= 4 is 29.2 Å². The Hall–Kier alpha value is -3.02. The summed E-state index contributed by atoms with van der Waals surface area (Å²) in [6, 6.07) is 4.79. The number of nitrogens with two attached hydrogens (primary N) is 2.